The molecule has 3 N–H and O–H groups in total. The summed E-state index contributed by atoms with van der Waals surface area (Å²) in [6.07, 6.45) is 9.12. The molecule has 0 aromatic heterocycles. The monoisotopic (exact) mass is 252 g/mol. The highest BCUT2D eigenvalue weighted by Gasteiger charge is 2.34. The zero-order valence-electron chi connectivity index (χ0n) is 11.8. The average molecular weight is 252 g/mol. The van der Waals surface area contributed by atoms with Crippen molar-refractivity contribution in [1.29, 1.82) is 0 Å². The van der Waals surface area contributed by atoms with Crippen LogP contribution in [0.15, 0.2) is 5.10 Å². The maximum Gasteiger partial charge on any atom is 0.109 e. The Balaban J connectivity index is 1.90. The fraction of sp³-hybridized carbons (Fsp3) is 0.929. The van der Waals surface area contributed by atoms with Crippen molar-refractivity contribution in [3.8, 4) is 0 Å². The van der Waals surface area contributed by atoms with Crippen molar-refractivity contribution in [2.24, 2.45) is 16.9 Å². The molecule has 1 aliphatic carbocycles. The van der Waals surface area contributed by atoms with Gasteiger partial charge in [-0.1, -0.05) is 33.1 Å². The normalized spacial score (nSPS) is 33.0. The molecule has 0 aromatic carbocycles. The summed E-state index contributed by atoms with van der Waals surface area (Å²) in [7, 11) is 0. The summed E-state index contributed by atoms with van der Waals surface area (Å²) in [4.78, 5) is 0. The number of nitrogens with zero attached hydrogens (tertiary/aromatic N) is 1. The minimum Gasteiger partial charge on any atom is -0.291 e. The summed E-state index contributed by atoms with van der Waals surface area (Å²) >= 11 is 0. The van der Waals surface area contributed by atoms with Gasteiger partial charge in [0, 0.05) is 12.3 Å². The van der Waals surface area contributed by atoms with E-state index in [2.05, 4.69) is 35.2 Å². The molecule has 0 radical (unpaired) electrons. The first kappa shape index (κ1) is 13.8. The van der Waals surface area contributed by atoms with E-state index in [4.69, 9.17) is 0 Å². The second kappa shape index (κ2) is 7.10. The fourth-order valence-corrected chi connectivity index (χ4v) is 3.22. The topological polar surface area (TPSA) is 48.5 Å². The quantitative estimate of drug-likeness (QED) is 0.520. The molecule has 0 bridgehead atoms. The SMILES string of the molecule is CCC/C(CC)=N/NC1NNCC2CCCCC21. The maximum absolute atomic E-state index is 4.61. The summed E-state index contributed by atoms with van der Waals surface area (Å²) in [5.41, 5.74) is 11.4. The van der Waals surface area contributed by atoms with E-state index >= 15 is 0 Å². The Bertz CT molecular complexity index is 275. The first-order chi connectivity index (χ1) is 8.85. The predicted molar refractivity (Wildman–Crippen MR) is 76.1 cm³/mol. The van der Waals surface area contributed by atoms with Crippen LogP contribution in [0, 0.1) is 11.8 Å². The Morgan fingerprint density at radius 1 is 1.28 bits per heavy atom. The van der Waals surface area contributed by atoms with Crippen LogP contribution in [-0.4, -0.2) is 18.4 Å². The first-order valence-corrected chi connectivity index (χ1v) is 7.64. The lowest BCUT2D eigenvalue weighted by Gasteiger charge is -2.41. The van der Waals surface area contributed by atoms with Crippen molar-refractivity contribution in [1.82, 2.24) is 16.3 Å². The molecule has 3 atom stereocenters. The van der Waals surface area contributed by atoms with E-state index in [-0.39, 0.29) is 0 Å². The Kier molecular flexibility index (Phi) is 5.45. The molecule has 18 heavy (non-hydrogen) atoms. The van der Waals surface area contributed by atoms with Gasteiger partial charge in [-0.15, -0.1) is 0 Å². The van der Waals surface area contributed by atoms with Crippen LogP contribution in [-0.2, 0) is 0 Å². The van der Waals surface area contributed by atoms with Crippen LogP contribution in [0.2, 0.25) is 0 Å². The summed E-state index contributed by atoms with van der Waals surface area (Å²) in [6.45, 7) is 5.51. The minimum atomic E-state index is 0.308. The smallest absolute Gasteiger partial charge is 0.109 e. The van der Waals surface area contributed by atoms with Crippen molar-refractivity contribution in [3.63, 3.8) is 0 Å². The highest BCUT2D eigenvalue weighted by atomic mass is 15.5. The molecule has 4 nitrogen and oxygen atoms in total. The number of hydrogen-bond acceptors (Lipinski definition) is 4. The molecule has 0 amide bonds. The van der Waals surface area contributed by atoms with Gasteiger partial charge in [-0.05, 0) is 37.5 Å². The van der Waals surface area contributed by atoms with Crippen LogP contribution >= 0.6 is 0 Å². The number of hydrogen-bond donors (Lipinski definition) is 3. The summed E-state index contributed by atoms with van der Waals surface area (Å²) < 4.78 is 0. The average Bonchev–Trinajstić information content (AvgIpc) is 2.43. The fourth-order valence-electron chi connectivity index (χ4n) is 3.22. The molecule has 0 spiro atoms. The molecule has 3 unspecified atom stereocenters. The van der Waals surface area contributed by atoms with Crippen molar-refractivity contribution < 1.29 is 0 Å². The van der Waals surface area contributed by atoms with E-state index in [1.807, 2.05) is 0 Å². The molecule has 2 aliphatic rings. The van der Waals surface area contributed by atoms with Crippen LogP contribution in [0.4, 0.5) is 0 Å². The largest absolute Gasteiger partial charge is 0.291 e. The summed E-state index contributed by atoms with van der Waals surface area (Å²) in [5.74, 6) is 1.56. The Hall–Kier alpha value is -0.610. The Morgan fingerprint density at radius 2 is 2.11 bits per heavy atom. The zero-order chi connectivity index (χ0) is 12.8. The van der Waals surface area contributed by atoms with Gasteiger partial charge >= 0.3 is 0 Å². The van der Waals surface area contributed by atoms with Gasteiger partial charge < -0.3 is 0 Å². The summed E-state index contributed by atoms with van der Waals surface area (Å²) in [5, 5.41) is 4.61. The molecule has 104 valence electrons. The van der Waals surface area contributed by atoms with Gasteiger partial charge in [0.1, 0.15) is 6.17 Å². The predicted octanol–water partition coefficient (Wildman–Crippen LogP) is 2.38. The van der Waals surface area contributed by atoms with E-state index in [0.29, 0.717) is 6.17 Å². The third-order valence-corrected chi connectivity index (χ3v) is 4.33. The number of fused-ring (bicyclic) bond motifs is 1. The van der Waals surface area contributed by atoms with Gasteiger partial charge in [-0.3, -0.25) is 10.9 Å². The second-order valence-corrected chi connectivity index (χ2v) is 5.62. The maximum atomic E-state index is 4.61. The van der Waals surface area contributed by atoms with Gasteiger partial charge in [-0.25, -0.2) is 5.43 Å². The molecule has 0 aromatic rings. The molecule has 1 saturated carbocycles. The highest BCUT2D eigenvalue weighted by Crippen LogP contribution is 2.32. The highest BCUT2D eigenvalue weighted by molar-refractivity contribution is 5.83. The second-order valence-electron chi connectivity index (χ2n) is 5.62. The van der Waals surface area contributed by atoms with Crippen molar-refractivity contribution in [2.75, 3.05) is 6.54 Å². The first-order valence-electron chi connectivity index (χ1n) is 7.64. The van der Waals surface area contributed by atoms with Gasteiger partial charge in [0.15, 0.2) is 0 Å². The molecular formula is C14H28N4. The molecule has 2 fully saturated rings. The van der Waals surface area contributed by atoms with E-state index in [1.165, 1.54) is 37.8 Å². The van der Waals surface area contributed by atoms with E-state index in [1.54, 1.807) is 0 Å². The lowest BCUT2D eigenvalue weighted by Crippen LogP contribution is -2.61. The molecule has 4 heteroatoms. The molecule has 1 aliphatic heterocycles. The van der Waals surface area contributed by atoms with Crippen LogP contribution in [0.1, 0.15) is 58.8 Å². The van der Waals surface area contributed by atoms with Crippen LogP contribution in [0.3, 0.4) is 0 Å². The Morgan fingerprint density at radius 3 is 2.89 bits per heavy atom. The van der Waals surface area contributed by atoms with Crippen molar-refractivity contribution >= 4 is 5.71 Å². The molecular weight excluding hydrogens is 224 g/mol. The lowest BCUT2D eigenvalue weighted by atomic mass is 9.77. The van der Waals surface area contributed by atoms with Gasteiger partial charge in [-0.2, -0.15) is 5.10 Å². The van der Waals surface area contributed by atoms with Crippen LogP contribution < -0.4 is 16.3 Å². The van der Waals surface area contributed by atoms with Gasteiger partial charge in [0.25, 0.3) is 0 Å². The molecule has 2 rings (SSSR count). The third kappa shape index (κ3) is 3.45. The minimum absolute atomic E-state index is 0.308. The van der Waals surface area contributed by atoms with E-state index < -0.39 is 0 Å². The zero-order valence-corrected chi connectivity index (χ0v) is 11.8. The van der Waals surface area contributed by atoms with E-state index in [9.17, 15) is 0 Å². The molecule has 1 saturated heterocycles. The summed E-state index contributed by atoms with van der Waals surface area (Å²) in [6, 6.07) is 0. The van der Waals surface area contributed by atoms with Gasteiger partial charge in [0.05, 0.1) is 0 Å². The number of hydrazine groups is 1. The molecule has 1 heterocycles. The van der Waals surface area contributed by atoms with Gasteiger partial charge in [0.2, 0.25) is 0 Å². The lowest BCUT2D eigenvalue weighted by molar-refractivity contribution is 0.0995. The van der Waals surface area contributed by atoms with Crippen molar-refractivity contribution in [2.45, 2.75) is 65.0 Å². The van der Waals surface area contributed by atoms with Crippen LogP contribution in [0.5, 0.6) is 0 Å². The number of hydrazone groups is 1. The number of rotatable bonds is 5. The van der Waals surface area contributed by atoms with E-state index in [0.717, 1.165) is 31.2 Å². The number of nitrogens with one attached hydrogen (secondary N) is 3. The third-order valence-electron chi connectivity index (χ3n) is 4.33. The Labute approximate surface area is 111 Å². The van der Waals surface area contributed by atoms with Crippen LogP contribution in [0.25, 0.3) is 0 Å². The van der Waals surface area contributed by atoms with Crippen molar-refractivity contribution in [3.05, 3.63) is 0 Å². The standard InChI is InChI=1S/C14H28N4/c1-3-7-12(4-2)16-18-14-13-9-6-5-8-11(13)10-15-17-14/h11,13-15,17-18H,3-10H2,1-2H3/b16-12+.